The maximum atomic E-state index is 3.75. The molecule has 0 spiro atoms. The summed E-state index contributed by atoms with van der Waals surface area (Å²) in [5.74, 6) is 0.922. The van der Waals surface area contributed by atoms with E-state index in [1.165, 1.54) is 54.4 Å². The van der Waals surface area contributed by atoms with E-state index in [9.17, 15) is 0 Å². The third-order valence-electron chi connectivity index (χ3n) is 4.33. The molecule has 1 aromatic carbocycles. The molecule has 1 unspecified atom stereocenters. The third kappa shape index (κ3) is 5.39. The summed E-state index contributed by atoms with van der Waals surface area (Å²) >= 11 is 3.75. The van der Waals surface area contributed by atoms with E-state index < -0.39 is 0 Å². The van der Waals surface area contributed by atoms with E-state index in [1.807, 2.05) is 0 Å². The molecule has 1 heterocycles. The van der Waals surface area contributed by atoms with E-state index in [2.05, 4.69) is 58.2 Å². The highest BCUT2D eigenvalue weighted by Gasteiger charge is 2.21. The number of hydrogen-bond donors (Lipinski definition) is 1. The summed E-state index contributed by atoms with van der Waals surface area (Å²) in [5.41, 5.74) is 2.79. The Morgan fingerprint density at radius 3 is 2.86 bits per heavy atom. The lowest BCUT2D eigenvalue weighted by Crippen LogP contribution is -2.20. The number of nitrogens with one attached hydrogen (secondary N) is 1. The van der Waals surface area contributed by atoms with Gasteiger partial charge in [-0.3, -0.25) is 4.90 Å². The molecular weight excluding hydrogens is 324 g/mol. The average molecular weight is 353 g/mol. The van der Waals surface area contributed by atoms with Gasteiger partial charge in [-0.25, -0.2) is 0 Å². The van der Waals surface area contributed by atoms with Crippen molar-refractivity contribution in [2.24, 2.45) is 5.92 Å². The lowest BCUT2D eigenvalue weighted by Gasteiger charge is -2.17. The first-order valence-corrected chi connectivity index (χ1v) is 9.22. The number of likely N-dealkylation sites (tertiary alicyclic amines) is 1. The van der Waals surface area contributed by atoms with Crippen LogP contribution < -0.4 is 5.32 Å². The van der Waals surface area contributed by atoms with Gasteiger partial charge >= 0.3 is 0 Å². The van der Waals surface area contributed by atoms with Gasteiger partial charge in [-0.2, -0.15) is 0 Å². The molecule has 0 amide bonds. The fraction of sp³-hybridized carbons (Fsp3) is 0.667. The molecule has 21 heavy (non-hydrogen) atoms. The minimum absolute atomic E-state index is 0.922. The number of halogens is 1. The molecule has 1 atom stereocenters. The molecule has 0 saturated carbocycles. The molecule has 1 aliphatic rings. The second-order valence-corrected chi connectivity index (χ2v) is 7.14. The number of hydrogen-bond acceptors (Lipinski definition) is 2. The van der Waals surface area contributed by atoms with Gasteiger partial charge in [-0.05, 0) is 55.5 Å². The van der Waals surface area contributed by atoms with Crippen LogP contribution in [0.25, 0.3) is 0 Å². The Morgan fingerprint density at radius 1 is 1.29 bits per heavy atom. The number of rotatable bonds is 8. The summed E-state index contributed by atoms with van der Waals surface area (Å²) in [6.45, 7) is 10.2. The maximum Gasteiger partial charge on any atom is 0.0245 e. The minimum atomic E-state index is 0.922. The van der Waals surface area contributed by atoms with E-state index >= 15 is 0 Å². The van der Waals surface area contributed by atoms with Crippen LogP contribution in [0, 0.1) is 5.92 Å². The van der Waals surface area contributed by atoms with Crippen LogP contribution in [0.1, 0.15) is 50.7 Å². The van der Waals surface area contributed by atoms with Gasteiger partial charge in [0.2, 0.25) is 0 Å². The molecule has 0 bridgehead atoms. The summed E-state index contributed by atoms with van der Waals surface area (Å²) in [6, 6.07) is 6.83. The molecule has 2 rings (SSSR count). The Morgan fingerprint density at radius 2 is 2.14 bits per heavy atom. The van der Waals surface area contributed by atoms with Gasteiger partial charge in [0.1, 0.15) is 0 Å². The summed E-state index contributed by atoms with van der Waals surface area (Å²) in [7, 11) is 0. The second kappa shape index (κ2) is 8.92. The largest absolute Gasteiger partial charge is 0.313 e. The molecule has 1 aliphatic heterocycles. The lowest BCUT2D eigenvalue weighted by molar-refractivity contribution is 0.312. The van der Waals surface area contributed by atoms with E-state index in [-0.39, 0.29) is 0 Å². The van der Waals surface area contributed by atoms with E-state index in [0.717, 1.165) is 25.6 Å². The Balaban J connectivity index is 1.86. The van der Waals surface area contributed by atoms with Crippen molar-refractivity contribution in [1.29, 1.82) is 0 Å². The fourth-order valence-corrected chi connectivity index (χ4v) is 3.73. The molecule has 0 aliphatic carbocycles. The average Bonchev–Trinajstić information content (AvgIpc) is 2.90. The van der Waals surface area contributed by atoms with Crippen molar-refractivity contribution in [2.45, 2.75) is 52.6 Å². The first-order valence-electron chi connectivity index (χ1n) is 8.43. The van der Waals surface area contributed by atoms with Crippen molar-refractivity contribution in [3.05, 3.63) is 33.8 Å². The van der Waals surface area contributed by atoms with Crippen LogP contribution in [0.4, 0.5) is 0 Å². The Bertz CT molecular complexity index is 433. The van der Waals surface area contributed by atoms with Crippen LogP contribution in [0.5, 0.6) is 0 Å². The summed E-state index contributed by atoms with van der Waals surface area (Å²) < 4.78 is 1.26. The zero-order valence-corrected chi connectivity index (χ0v) is 15.1. The van der Waals surface area contributed by atoms with E-state index in [4.69, 9.17) is 0 Å². The summed E-state index contributed by atoms with van der Waals surface area (Å²) in [6.07, 6.45) is 5.28. The number of nitrogens with zero attached hydrogens (tertiary/aromatic N) is 1. The normalized spacial score (nSPS) is 19.3. The molecule has 3 heteroatoms. The van der Waals surface area contributed by atoms with Gasteiger partial charge in [0, 0.05) is 24.1 Å². The lowest BCUT2D eigenvalue weighted by atomic mass is 10.0. The first-order chi connectivity index (χ1) is 10.2. The van der Waals surface area contributed by atoms with Crippen molar-refractivity contribution < 1.29 is 0 Å². The van der Waals surface area contributed by atoms with Crippen molar-refractivity contribution >= 4 is 15.9 Å². The Kier molecular flexibility index (Phi) is 7.21. The Hall–Kier alpha value is -0.380. The monoisotopic (exact) mass is 352 g/mol. The smallest absolute Gasteiger partial charge is 0.0245 e. The predicted molar refractivity (Wildman–Crippen MR) is 94.4 cm³/mol. The van der Waals surface area contributed by atoms with E-state index in [0.29, 0.717) is 0 Å². The van der Waals surface area contributed by atoms with Crippen molar-refractivity contribution in [3.63, 3.8) is 0 Å². The van der Waals surface area contributed by atoms with E-state index in [1.54, 1.807) is 0 Å². The number of benzene rings is 1. The molecule has 1 fully saturated rings. The topological polar surface area (TPSA) is 15.3 Å². The minimum Gasteiger partial charge on any atom is -0.313 e. The fourth-order valence-electron chi connectivity index (χ4n) is 3.18. The Labute approximate surface area is 138 Å². The quantitative estimate of drug-likeness (QED) is 0.689. The molecular formula is C18H29BrN2. The SMILES string of the molecule is CCCNCc1ccc(CN2CCC(CCC)C2)c(Br)c1. The zero-order valence-electron chi connectivity index (χ0n) is 13.5. The van der Waals surface area contributed by atoms with Crippen molar-refractivity contribution in [1.82, 2.24) is 10.2 Å². The maximum absolute atomic E-state index is 3.75. The molecule has 1 aromatic rings. The van der Waals surface area contributed by atoms with Gasteiger partial charge in [-0.1, -0.05) is 48.3 Å². The van der Waals surface area contributed by atoms with Crippen LogP contribution in [0.2, 0.25) is 0 Å². The highest BCUT2D eigenvalue weighted by molar-refractivity contribution is 9.10. The third-order valence-corrected chi connectivity index (χ3v) is 5.07. The van der Waals surface area contributed by atoms with Crippen LogP contribution in [-0.4, -0.2) is 24.5 Å². The molecule has 2 nitrogen and oxygen atoms in total. The van der Waals surface area contributed by atoms with Gasteiger partial charge in [0.05, 0.1) is 0 Å². The standard InChI is InChI=1S/C18H29BrN2/c1-3-5-15-8-10-21(13-15)14-17-7-6-16(11-18(17)19)12-20-9-4-2/h6-7,11,15,20H,3-5,8-10,12-14H2,1-2H3. The van der Waals surface area contributed by atoms with Crippen LogP contribution in [0.3, 0.4) is 0 Å². The summed E-state index contributed by atoms with van der Waals surface area (Å²) in [5, 5.41) is 3.46. The second-order valence-electron chi connectivity index (χ2n) is 6.28. The molecule has 0 radical (unpaired) electrons. The van der Waals surface area contributed by atoms with Crippen LogP contribution in [0.15, 0.2) is 22.7 Å². The van der Waals surface area contributed by atoms with Gasteiger partial charge in [0.15, 0.2) is 0 Å². The van der Waals surface area contributed by atoms with Gasteiger partial charge in [0.25, 0.3) is 0 Å². The molecule has 118 valence electrons. The summed E-state index contributed by atoms with van der Waals surface area (Å²) in [4.78, 5) is 2.61. The highest BCUT2D eigenvalue weighted by atomic mass is 79.9. The first kappa shape index (κ1) is 17.0. The van der Waals surface area contributed by atoms with Crippen molar-refractivity contribution in [2.75, 3.05) is 19.6 Å². The molecule has 0 aromatic heterocycles. The predicted octanol–water partition coefficient (Wildman–Crippen LogP) is 4.57. The van der Waals surface area contributed by atoms with Crippen molar-refractivity contribution in [3.8, 4) is 0 Å². The molecule has 1 N–H and O–H groups in total. The van der Waals surface area contributed by atoms with Crippen LogP contribution >= 0.6 is 15.9 Å². The van der Waals surface area contributed by atoms with Gasteiger partial charge < -0.3 is 5.32 Å². The van der Waals surface area contributed by atoms with Gasteiger partial charge in [-0.15, -0.1) is 0 Å². The molecule has 1 saturated heterocycles. The zero-order chi connectivity index (χ0) is 15.1. The van der Waals surface area contributed by atoms with Crippen LogP contribution in [-0.2, 0) is 13.1 Å². The highest BCUT2D eigenvalue weighted by Crippen LogP contribution is 2.25.